The number of carbonyl (C=O) groups is 1. The number of aryl methyl sites for hydroxylation is 1. The van der Waals surface area contributed by atoms with E-state index in [1.165, 1.54) is 0 Å². The van der Waals surface area contributed by atoms with Crippen LogP contribution in [0.5, 0.6) is 5.75 Å². The quantitative estimate of drug-likeness (QED) is 0.587. The van der Waals surface area contributed by atoms with Gasteiger partial charge in [0.05, 0.1) is 0 Å². The van der Waals surface area contributed by atoms with E-state index in [0.717, 1.165) is 23.2 Å². The summed E-state index contributed by atoms with van der Waals surface area (Å²) >= 11 is 0. The Morgan fingerprint density at radius 2 is 1.86 bits per heavy atom. The molecule has 2 atom stereocenters. The fourth-order valence-corrected chi connectivity index (χ4v) is 2.82. The molecule has 0 radical (unpaired) electrons. The largest absolute Gasteiger partial charge is 0.487 e. The molecule has 28 heavy (non-hydrogen) atoms. The molecule has 0 saturated carbocycles. The molecular formula is C22H28F2N2O2. The maximum absolute atomic E-state index is 12.6. The van der Waals surface area contributed by atoms with Gasteiger partial charge in [0.2, 0.25) is 5.91 Å². The minimum atomic E-state index is -2.54. The first-order chi connectivity index (χ1) is 13.3. The molecule has 0 aromatic heterocycles. The van der Waals surface area contributed by atoms with Gasteiger partial charge in [-0.3, -0.25) is 4.79 Å². The second kappa shape index (κ2) is 10.1. The Kier molecular flexibility index (Phi) is 7.79. The number of anilines is 2. The molecule has 0 aliphatic rings. The molecule has 0 aliphatic heterocycles. The SMILES string of the molecule is CCC(C)c1ccccc1NC(=O)C(C)Nc1ccc(C)c(OCC(F)F)c1. The molecular weight excluding hydrogens is 362 g/mol. The van der Waals surface area contributed by atoms with Crippen molar-refractivity contribution in [3.8, 4) is 5.75 Å². The highest BCUT2D eigenvalue weighted by atomic mass is 19.3. The summed E-state index contributed by atoms with van der Waals surface area (Å²) in [4.78, 5) is 12.6. The molecule has 152 valence electrons. The van der Waals surface area contributed by atoms with Crippen LogP contribution in [-0.4, -0.2) is 25.0 Å². The Morgan fingerprint density at radius 3 is 2.54 bits per heavy atom. The molecule has 2 N–H and O–H groups in total. The van der Waals surface area contributed by atoms with Gasteiger partial charge in [-0.15, -0.1) is 0 Å². The van der Waals surface area contributed by atoms with Crippen LogP contribution in [0.15, 0.2) is 42.5 Å². The maximum atomic E-state index is 12.6. The number of hydrogen-bond acceptors (Lipinski definition) is 3. The van der Waals surface area contributed by atoms with E-state index in [1.54, 1.807) is 32.0 Å². The van der Waals surface area contributed by atoms with Gasteiger partial charge in [0.1, 0.15) is 18.4 Å². The third-order valence-electron chi connectivity index (χ3n) is 4.69. The topological polar surface area (TPSA) is 50.4 Å². The standard InChI is InChI=1S/C22H28F2N2O2/c1-5-14(2)18-8-6-7-9-19(18)26-22(27)16(4)25-17-11-10-15(3)20(12-17)28-13-21(23)24/h6-12,14,16,21,25H,5,13H2,1-4H3,(H,26,27). The minimum Gasteiger partial charge on any atom is -0.487 e. The smallest absolute Gasteiger partial charge is 0.272 e. The number of amides is 1. The molecule has 4 nitrogen and oxygen atoms in total. The normalized spacial score (nSPS) is 13.1. The average molecular weight is 390 g/mol. The van der Waals surface area contributed by atoms with E-state index in [0.29, 0.717) is 17.4 Å². The highest BCUT2D eigenvalue weighted by molar-refractivity contribution is 5.97. The second-order valence-corrected chi connectivity index (χ2v) is 6.93. The van der Waals surface area contributed by atoms with Crippen molar-refractivity contribution in [2.24, 2.45) is 0 Å². The van der Waals surface area contributed by atoms with Crippen LogP contribution < -0.4 is 15.4 Å². The van der Waals surface area contributed by atoms with Crippen molar-refractivity contribution in [3.05, 3.63) is 53.6 Å². The fraction of sp³-hybridized carbons (Fsp3) is 0.409. The van der Waals surface area contributed by atoms with Gasteiger partial charge in [-0.05, 0) is 49.4 Å². The van der Waals surface area contributed by atoms with E-state index in [-0.39, 0.29) is 5.91 Å². The van der Waals surface area contributed by atoms with Gasteiger partial charge in [0, 0.05) is 17.4 Å². The first-order valence-electron chi connectivity index (χ1n) is 9.49. The van der Waals surface area contributed by atoms with Crippen molar-refractivity contribution in [3.63, 3.8) is 0 Å². The maximum Gasteiger partial charge on any atom is 0.272 e. The van der Waals surface area contributed by atoms with Crippen molar-refractivity contribution < 1.29 is 18.3 Å². The lowest BCUT2D eigenvalue weighted by atomic mass is 9.97. The first-order valence-corrected chi connectivity index (χ1v) is 9.49. The summed E-state index contributed by atoms with van der Waals surface area (Å²) in [7, 11) is 0. The van der Waals surface area contributed by atoms with E-state index in [1.807, 2.05) is 24.3 Å². The number of benzene rings is 2. The number of carbonyl (C=O) groups excluding carboxylic acids is 1. The first kappa shape index (κ1) is 21.7. The van der Waals surface area contributed by atoms with Crippen molar-refractivity contribution in [2.45, 2.75) is 52.5 Å². The molecule has 0 spiro atoms. The van der Waals surface area contributed by atoms with Crippen LogP contribution in [0.2, 0.25) is 0 Å². The van der Waals surface area contributed by atoms with Gasteiger partial charge in [-0.2, -0.15) is 0 Å². The van der Waals surface area contributed by atoms with Crippen LogP contribution in [0.4, 0.5) is 20.2 Å². The molecule has 2 aromatic carbocycles. The number of ether oxygens (including phenoxy) is 1. The number of para-hydroxylation sites is 1. The lowest BCUT2D eigenvalue weighted by Crippen LogP contribution is -2.32. The Labute approximate surface area is 165 Å². The number of alkyl halides is 2. The summed E-state index contributed by atoms with van der Waals surface area (Å²) in [5.74, 6) is 0.540. The lowest BCUT2D eigenvalue weighted by Gasteiger charge is -2.19. The molecule has 6 heteroatoms. The molecule has 2 aromatic rings. The fourth-order valence-electron chi connectivity index (χ4n) is 2.82. The predicted molar refractivity (Wildman–Crippen MR) is 110 cm³/mol. The van der Waals surface area contributed by atoms with Crippen LogP contribution >= 0.6 is 0 Å². The number of rotatable bonds is 9. The molecule has 2 unspecified atom stereocenters. The van der Waals surface area contributed by atoms with Gasteiger partial charge in [0.25, 0.3) is 6.43 Å². The van der Waals surface area contributed by atoms with Crippen LogP contribution in [0.3, 0.4) is 0 Å². The molecule has 0 heterocycles. The van der Waals surface area contributed by atoms with Crippen LogP contribution in [0.1, 0.15) is 44.2 Å². The Morgan fingerprint density at radius 1 is 1.14 bits per heavy atom. The summed E-state index contributed by atoms with van der Waals surface area (Å²) in [5, 5.41) is 6.08. The van der Waals surface area contributed by atoms with Crippen LogP contribution in [0, 0.1) is 6.92 Å². The summed E-state index contributed by atoms with van der Waals surface area (Å²) in [5.41, 5.74) is 3.29. The Bertz CT molecular complexity index is 796. The van der Waals surface area contributed by atoms with Crippen molar-refractivity contribution >= 4 is 17.3 Å². The van der Waals surface area contributed by atoms with E-state index < -0.39 is 19.1 Å². The van der Waals surface area contributed by atoms with Crippen LogP contribution in [-0.2, 0) is 4.79 Å². The molecule has 0 aliphatic carbocycles. The predicted octanol–water partition coefficient (Wildman–Crippen LogP) is 5.59. The molecule has 0 fully saturated rings. The van der Waals surface area contributed by atoms with Gasteiger partial charge >= 0.3 is 0 Å². The highest BCUT2D eigenvalue weighted by Gasteiger charge is 2.17. The van der Waals surface area contributed by atoms with Crippen LogP contribution in [0.25, 0.3) is 0 Å². The summed E-state index contributed by atoms with van der Waals surface area (Å²) in [6.07, 6.45) is -1.56. The zero-order valence-electron chi connectivity index (χ0n) is 16.8. The van der Waals surface area contributed by atoms with Gasteiger partial charge in [0.15, 0.2) is 0 Å². The Hall–Kier alpha value is -2.63. The molecule has 0 saturated heterocycles. The third kappa shape index (κ3) is 5.94. The van der Waals surface area contributed by atoms with Crippen molar-refractivity contribution in [1.82, 2.24) is 0 Å². The highest BCUT2D eigenvalue weighted by Crippen LogP contribution is 2.27. The lowest BCUT2D eigenvalue weighted by molar-refractivity contribution is -0.116. The zero-order valence-corrected chi connectivity index (χ0v) is 16.8. The van der Waals surface area contributed by atoms with E-state index in [2.05, 4.69) is 24.5 Å². The van der Waals surface area contributed by atoms with E-state index in [9.17, 15) is 13.6 Å². The number of halogens is 2. The third-order valence-corrected chi connectivity index (χ3v) is 4.69. The summed E-state index contributed by atoms with van der Waals surface area (Å²) < 4.78 is 29.9. The van der Waals surface area contributed by atoms with Gasteiger partial charge in [-0.1, -0.05) is 38.1 Å². The second-order valence-electron chi connectivity index (χ2n) is 6.93. The molecule has 1 amide bonds. The van der Waals surface area contributed by atoms with E-state index >= 15 is 0 Å². The monoisotopic (exact) mass is 390 g/mol. The van der Waals surface area contributed by atoms with E-state index in [4.69, 9.17) is 4.74 Å². The van der Waals surface area contributed by atoms with Gasteiger partial charge in [-0.25, -0.2) is 8.78 Å². The summed E-state index contributed by atoms with van der Waals surface area (Å²) in [6, 6.07) is 12.5. The summed E-state index contributed by atoms with van der Waals surface area (Å²) in [6.45, 7) is 7.11. The number of nitrogens with one attached hydrogen (secondary N) is 2. The number of hydrogen-bond donors (Lipinski definition) is 2. The molecule has 2 rings (SSSR count). The average Bonchev–Trinajstić information content (AvgIpc) is 2.68. The minimum absolute atomic E-state index is 0.175. The molecule has 0 bridgehead atoms. The van der Waals surface area contributed by atoms with Crippen molar-refractivity contribution in [2.75, 3.05) is 17.2 Å². The Balaban J connectivity index is 2.06. The van der Waals surface area contributed by atoms with Gasteiger partial charge < -0.3 is 15.4 Å². The van der Waals surface area contributed by atoms with Crippen molar-refractivity contribution in [1.29, 1.82) is 0 Å². The zero-order chi connectivity index (χ0) is 20.7.